The van der Waals surface area contributed by atoms with Crippen molar-refractivity contribution < 1.29 is 18.0 Å². The Balaban J connectivity index is 2.09. The molecule has 0 radical (unpaired) electrons. The van der Waals surface area contributed by atoms with Gasteiger partial charge in [0.2, 0.25) is 11.8 Å². The highest BCUT2D eigenvalue weighted by Gasteiger charge is 2.33. The number of amides is 2. The molecule has 0 unspecified atom stereocenters. The Bertz CT molecular complexity index is 1350. The van der Waals surface area contributed by atoms with Gasteiger partial charge in [-0.3, -0.25) is 13.9 Å². The average molecular weight is 542 g/mol. The summed E-state index contributed by atoms with van der Waals surface area (Å²) in [6.07, 6.45) is 0.355. The Kier molecular flexibility index (Phi) is 9.34. The van der Waals surface area contributed by atoms with Crippen molar-refractivity contribution >= 4 is 39.1 Å². The molecule has 0 aliphatic heterocycles. The molecule has 0 fully saturated rings. The van der Waals surface area contributed by atoms with Crippen molar-refractivity contribution in [2.24, 2.45) is 0 Å². The smallest absolute Gasteiger partial charge is 0.264 e. The van der Waals surface area contributed by atoms with Gasteiger partial charge in [-0.1, -0.05) is 61.0 Å². The molecule has 2 amide bonds. The number of carbonyl (C=O) groups is 2. The quantitative estimate of drug-likeness (QED) is 0.403. The number of nitrogens with zero attached hydrogens (tertiary/aromatic N) is 2. The molecular formula is C28H32ClN3O4S. The van der Waals surface area contributed by atoms with Gasteiger partial charge >= 0.3 is 0 Å². The topological polar surface area (TPSA) is 86.8 Å². The lowest BCUT2D eigenvalue weighted by atomic mass is 10.1. The molecule has 3 rings (SSSR count). The molecule has 7 nitrogen and oxygen atoms in total. The third-order valence-electron chi connectivity index (χ3n) is 6.14. The van der Waals surface area contributed by atoms with Gasteiger partial charge in [0.1, 0.15) is 12.6 Å². The van der Waals surface area contributed by atoms with Crippen LogP contribution in [-0.2, 0) is 26.2 Å². The highest BCUT2D eigenvalue weighted by Crippen LogP contribution is 2.28. The molecule has 9 heteroatoms. The summed E-state index contributed by atoms with van der Waals surface area (Å²) in [5, 5.41) is 3.17. The Morgan fingerprint density at radius 3 is 2.22 bits per heavy atom. The minimum absolute atomic E-state index is 0.0753. The number of hydrogen-bond acceptors (Lipinski definition) is 4. The summed E-state index contributed by atoms with van der Waals surface area (Å²) in [5.41, 5.74) is 2.75. The maximum atomic E-state index is 13.9. The molecule has 0 aliphatic rings. The fourth-order valence-electron chi connectivity index (χ4n) is 4.09. The van der Waals surface area contributed by atoms with Gasteiger partial charge in [0.05, 0.1) is 10.6 Å². The van der Waals surface area contributed by atoms with Crippen LogP contribution in [0.3, 0.4) is 0 Å². The second-order valence-corrected chi connectivity index (χ2v) is 11.1. The Hall–Kier alpha value is -3.36. The van der Waals surface area contributed by atoms with E-state index in [0.717, 1.165) is 15.4 Å². The Morgan fingerprint density at radius 1 is 0.973 bits per heavy atom. The van der Waals surface area contributed by atoms with Crippen LogP contribution in [0, 0.1) is 13.8 Å². The van der Waals surface area contributed by atoms with Gasteiger partial charge in [-0.05, 0) is 67.3 Å². The van der Waals surface area contributed by atoms with Crippen molar-refractivity contribution in [1.82, 2.24) is 10.2 Å². The number of benzene rings is 3. The minimum atomic E-state index is -4.09. The number of rotatable bonds is 10. The summed E-state index contributed by atoms with van der Waals surface area (Å²) in [5.74, 6) is -0.820. The zero-order valence-corrected chi connectivity index (χ0v) is 23.0. The zero-order valence-electron chi connectivity index (χ0n) is 21.4. The van der Waals surface area contributed by atoms with E-state index in [0.29, 0.717) is 22.7 Å². The predicted molar refractivity (Wildman–Crippen MR) is 147 cm³/mol. The van der Waals surface area contributed by atoms with E-state index >= 15 is 0 Å². The molecule has 37 heavy (non-hydrogen) atoms. The summed E-state index contributed by atoms with van der Waals surface area (Å²) < 4.78 is 28.8. The second-order valence-electron chi connectivity index (χ2n) is 8.80. The molecule has 0 spiro atoms. The van der Waals surface area contributed by atoms with Crippen molar-refractivity contribution in [2.75, 3.05) is 17.9 Å². The van der Waals surface area contributed by atoms with Gasteiger partial charge in [0, 0.05) is 18.6 Å². The standard InChI is InChI=1S/C28H32ClN3O4S/c1-5-25(28(34)30-4)31(18-22-13-15-23(29)16-14-22)27(33)19-32(26-17-20(2)11-12-21(26)3)37(35,36)24-9-7-6-8-10-24/h6-17,25H,5,18-19H2,1-4H3,(H,30,34)/t25-/m0/s1. The SMILES string of the molecule is CC[C@@H](C(=O)NC)N(Cc1ccc(Cl)cc1)C(=O)CN(c1cc(C)ccc1C)S(=O)(=O)c1ccccc1. The van der Waals surface area contributed by atoms with E-state index in [9.17, 15) is 18.0 Å². The first-order valence-corrected chi connectivity index (χ1v) is 13.8. The average Bonchev–Trinajstić information content (AvgIpc) is 2.89. The van der Waals surface area contributed by atoms with Crippen LogP contribution in [0.2, 0.25) is 5.02 Å². The van der Waals surface area contributed by atoms with Crippen LogP contribution in [-0.4, -0.2) is 44.8 Å². The van der Waals surface area contributed by atoms with Crippen LogP contribution in [0.5, 0.6) is 0 Å². The molecule has 0 bridgehead atoms. The van der Waals surface area contributed by atoms with E-state index < -0.39 is 28.5 Å². The van der Waals surface area contributed by atoms with Crippen LogP contribution in [0.15, 0.2) is 77.7 Å². The fraction of sp³-hybridized carbons (Fsp3) is 0.286. The van der Waals surface area contributed by atoms with Gasteiger partial charge in [0.25, 0.3) is 10.0 Å². The first-order valence-electron chi connectivity index (χ1n) is 12.0. The summed E-state index contributed by atoms with van der Waals surface area (Å²) in [4.78, 5) is 28.2. The van der Waals surface area contributed by atoms with Crippen molar-refractivity contribution in [3.8, 4) is 0 Å². The summed E-state index contributed by atoms with van der Waals surface area (Å²) in [7, 11) is -2.58. The number of nitrogens with one attached hydrogen (secondary N) is 1. The lowest BCUT2D eigenvalue weighted by Gasteiger charge is -2.33. The minimum Gasteiger partial charge on any atom is -0.357 e. The monoisotopic (exact) mass is 541 g/mol. The molecular weight excluding hydrogens is 510 g/mol. The largest absolute Gasteiger partial charge is 0.357 e. The van der Waals surface area contributed by atoms with E-state index in [-0.39, 0.29) is 17.3 Å². The molecule has 3 aromatic rings. The first kappa shape index (κ1) is 28.2. The molecule has 0 saturated carbocycles. The van der Waals surface area contributed by atoms with Crippen LogP contribution in [0.4, 0.5) is 5.69 Å². The lowest BCUT2D eigenvalue weighted by Crippen LogP contribution is -2.51. The van der Waals surface area contributed by atoms with Crippen molar-refractivity contribution in [2.45, 2.75) is 44.7 Å². The predicted octanol–water partition coefficient (Wildman–Crippen LogP) is 4.71. The fourth-order valence-corrected chi connectivity index (χ4v) is 5.71. The summed E-state index contributed by atoms with van der Waals surface area (Å²) in [6.45, 7) is 5.13. The van der Waals surface area contributed by atoms with E-state index in [1.165, 1.54) is 24.1 Å². The van der Waals surface area contributed by atoms with E-state index in [1.807, 2.05) is 26.0 Å². The Labute approximate surface area is 224 Å². The molecule has 0 aliphatic carbocycles. The number of aryl methyl sites for hydroxylation is 2. The van der Waals surface area contributed by atoms with Crippen LogP contribution >= 0.6 is 11.6 Å². The highest BCUT2D eigenvalue weighted by molar-refractivity contribution is 7.92. The summed E-state index contributed by atoms with van der Waals surface area (Å²) >= 11 is 6.03. The first-order chi connectivity index (χ1) is 17.6. The van der Waals surface area contributed by atoms with Gasteiger partial charge in [-0.2, -0.15) is 0 Å². The zero-order chi connectivity index (χ0) is 27.2. The third kappa shape index (κ3) is 6.70. The molecule has 0 heterocycles. The van der Waals surface area contributed by atoms with Crippen LogP contribution in [0.25, 0.3) is 0 Å². The van der Waals surface area contributed by atoms with Crippen LogP contribution < -0.4 is 9.62 Å². The number of sulfonamides is 1. The molecule has 3 aromatic carbocycles. The van der Waals surface area contributed by atoms with Crippen molar-refractivity contribution in [3.05, 3.63) is 94.5 Å². The van der Waals surface area contributed by atoms with Crippen LogP contribution in [0.1, 0.15) is 30.0 Å². The summed E-state index contributed by atoms with van der Waals surface area (Å²) in [6, 6.07) is 19.7. The molecule has 0 saturated heterocycles. The number of likely N-dealkylation sites (N-methyl/N-ethyl adjacent to an activating group) is 1. The molecule has 1 N–H and O–H groups in total. The number of halogens is 1. The van der Waals surface area contributed by atoms with Crippen molar-refractivity contribution in [3.63, 3.8) is 0 Å². The molecule has 196 valence electrons. The van der Waals surface area contributed by atoms with E-state index in [4.69, 9.17) is 11.6 Å². The second kappa shape index (κ2) is 12.3. The normalized spacial score (nSPS) is 12.0. The van der Waals surface area contributed by atoms with Gasteiger partial charge < -0.3 is 10.2 Å². The van der Waals surface area contributed by atoms with E-state index in [2.05, 4.69) is 5.32 Å². The molecule has 1 atom stereocenters. The number of hydrogen-bond donors (Lipinski definition) is 1. The third-order valence-corrected chi connectivity index (χ3v) is 8.17. The van der Waals surface area contributed by atoms with Gasteiger partial charge in [-0.25, -0.2) is 8.42 Å². The molecule has 0 aromatic heterocycles. The number of carbonyl (C=O) groups excluding carboxylic acids is 2. The van der Waals surface area contributed by atoms with Crippen molar-refractivity contribution in [1.29, 1.82) is 0 Å². The maximum absolute atomic E-state index is 13.9. The van der Waals surface area contributed by atoms with E-state index in [1.54, 1.807) is 55.5 Å². The maximum Gasteiger partial charge on any atom is 0.264 e. The number of anilines is 1. The Morgan fingerprint density at radius 2 is 1.62 bits per heavy atom. The van der Waals surface area contributed by atoms with Gasteiger partial charge in [-0.15, -0.1) is 0 Å². The lowest BCUT2D eigenvalue weighted by molar-refractivity contribution is -0.140. The highest BCUT2D eigenvalue weighted by atomic mass is 35.5. The van der Waals surface area contributed by atoms with Gasteiger partial charge in [0.15, 0.2) is 0 Å².